The predicted octanol–water partition coefficient (Wildman–Crippen LogP) is 17.9. The summed E-state index contributed by atoms with van der Waals surface area (Å²) in [6.45, 7) is 4.84. The molecule has 0 fully saturated rings. The summed E-state index contributed by atoms with van der Waals surface area (Å²) in [4.78, 5) is 24.5. The first-order chi connectivity index (χ1) is 32.0. The molecule has 384 valence electrons. The summed E-state index contributed by atoms with van der Waals surface area (Å²) in [5.41, 5.74) is 0. The van der Waals surface area contributed by atoms with Crippen molar-refractivity contribution in [1.82, 2.24) is 5.32 Å². The zero-order valence-electron chi connectivity index (χ0n) is 43.7. The van der Waals surface area contributed by atoms with Gasteiger partial charge in [0.1, 0.15) is 0 Å². The quantitative estimate of drug-likeness (QED) is 0.0321. The number of aliphatic hydroxyl groups is 2. The van der Waals surface area contributed by atoms with E-state index in [4.69, 9.17) is 4.74 Å². The zero-order valence-corrected chi connectivity index (χ0v) is 43.7. The molecule has 6 nitrogen and oxygen atoms in total. The van der Waals surface area contributed by atoms with Crippen molar-refractivity contribution in [3.05, 3.63) is 24.3 Å². The number of rotatable bonds is 54. The SMILES string of the molecule is CCCCCCCCCCCCCCCCCCCC/C=C/C(O)C(CO)NC(=O)CCCCCC/C=C\CCCCOC(=O)CCCCCCCCCCCCCCCCCCCC. The van der Waals surface area contributed by atoms with Crippen molar-refractivity contribution >= 4 is 11.9 Å². The van der Waals surface area contributed by atoms with E-state index in [1.165, 1.54) is 212 Å². The maximum absolute atomic E-state index is 12.5. The van der Waals surface area contributed by atoms with Gasteiger partial charge in [0.05, 0.1) is 25.4 Å². The molecule has 2 unspecified atom stereocenters. The normalized spacial score (nSPS) is 12.7. The second-order valence-electron chi connectivity index (χ2n) is 20.0. The summed E-state index contributed by atoms with van der Waals surface area (Å²) >= 11 is 0. The van der Waals surface area contributed by atoms with E-state index in [0.717, 1.165) is 77.0 Å². The molecule has 0 saturated carbocycles. The van der Waals surface area contributed by atoms with E-state index < -0.39 is 12.1 Å². The highest BCUT2D eigenvalue weighted by Crippen LogP contribution is 2.17. The van der Waals surface area contributed by atoms with Crippen molar-refractivity contribution in [2.24, 2.45) is 0 Å². The van der Waals surface area contributed by atoms with Crippen LogP contribution in [-0.4, -0.2) is 47.4 Å². The summed E-state index contributed by atoms with van der Waals surface area (Å²) in [7, 11) is 0. The summed E-state index contributed by atoms with van der Waals surface area (Å²) in [6.07, 6.45) is 66.3. The van der Waals surface area contributed by atoms with E-state index in [0.29, 0.717) is 19.4 Å². The van der Waals surface area contributed by atoms with Crippen molar-refractivity contribution in [2.45, 2.75) is 328 Å². The van der Waals surface area contributed by atoms with Crippen molar-refractivity contribution in [3.8, 4) is 0 Å². The van der Waals surface area contributed by atoms with Crippen molar-refractivity contribution in [2.75, 3.05) is 13.2 Å². The van der Waals surface area contributed by atoms with Crippen LogP contribution in [0.25, 0.3) is 0 Å². The molecule has 0 heterocycles. The topological polar surface area (TPSA) is 95.9 Å². The molecular formula is C59H113NO5. The Bertz CT molecular complexity index is 1010. The lowest BCUT2D eigenvalue weighted by molar-refractivity contribution is -0.143. The van der Waals surface area contributed by atoms with E-state index in [-0.39, 0.29) is 18.5 Å². The minimum Gasteiger partial charge on any atom is -0.466 e. The Hall–Kier alpha value is -1.66. The van der Waals surface area contributed by atoms with E-state index in [1.54, 1.807) is 6.08 Å². The van der Waals surface area contributed by atoms with Crippen LogP contribution in [0.5, 0.6) is 0 Å². The van der Waals surface area contributed by atoms with Crippen molar-refractivity contribution in [3.63, 3.8) is 0 Å². The zero-order chi connectivity index (χ0) is 47.2. The van der Waals surface area contributed by atoms with Gasteiger partial charge in [-0.25, -0.2) is 0 Å². The lowest BCUT2D eigenvalue weighted by atomic mass is 10.0. The smallest absolute Gasteiger partial charge is 0.305 e. The average Bonchev–Trinajstić information content (AvgIpc) is 3.31. The van der Waals surface area contributed by atoms with Gasteiger partial charge in [-0.05, 0) is 57.8 Å². The molecule has 2 atom stereocenters. The third-order valence-electron chi connectivity index (χ3n) is 13.5. The molecule has 0 radical (unpaired) electrons. The standard InChI is InChI=1S/C59H113NO5/c1-3-5-7-9-11-13-15-17-19-21-23-24-25-27-29-31-35-39-43-47-51-57(62)56(55-61)60-58(63)52-48-44-40-36-33-34-38-42-46-50-54-65-59(64)53-49-45-41-37-32-30-28-26-22-20-18-16-14-12-10-8-6-4-2/h34,38,47,51,56-57,61-62H,3-33,35-37,39-46,48-50,52-55H2,1-2H3,(H,60,63)/b38-34-,51-47+. The summed E-state index contributed by atoms with van der Waals surface area (Å²) in [6, 6.07) is -0.653. The van der Waals surface area contributed by atoms with Crippen LogP contribution in [0.2, 0.25) is 0 Å². The van der Waals surface area contributed by atoms with Crippen LogP contribution >= 0.6 is 0 Å². The highest BCUT2D eigenvalue weighted by molar-refractivity contribution is 5.76. The molecule has 0 rings (SSSR count). The Balaban J connectivity index is 3.52. The summed E-state index contributed by atoms with van der Waals surface area (Å²) < 4.78 is 5.45. The number of carbonyl (C=O) groups is 2. The second kappa shape index (κ2) is 54.9. The molecule has 0 aromatic rings. The number of nitrogens with one attached hydrogen (secondary N) is 1. The largest absolute Gasteiger partial charge is 0.466 e. The van der Waals surface area contributed by atoms with Gasteiger partial charge in [0, 0.05) is 12.8 Å². The molecule has 0 aliphatic heterocycles. The Morgan fingerprint density at radius 1 is 0.415 bits per heavy atom. The van der Waals surface area contributed by atoms with Crippen LogP contribution in [0.4, 0.5) is 0 Å². The van der Waals surface area contributed by atoms with Gasteiger partial charge < -0.3 is 20.3 Å². The Morgan fingerprint density at radius 2 is 0.723 bits per heavy atom. The van der Waals surface area contributed by atoms with E-state index in [9.17, 15) is 19.8 Å². The van der Waals surface area contributed by atoms with Gasteiger partial charge in [-0.15, -0.1) is 0 Å². The van der Waals surface area contributed by atoms with E-state index in [2.05, 4.69) is 31.3 Å². The molecule has 0 aromatic carbocycles. The number of carbonyl (C=O) groups excluding carboxylic acids is 2. The molecular weight excluding hydrogens is 803 g/mol. The Kier molecular flexibility index (Phi) is 53.5. The first-order valence-electron chi connectivity index (χ1n) is 29.1. The third kappa shape index (κ3) is 51.6. The molecule has 1 amide bonds. The van der Waals surface area contributed by atoms with Gasteiger partial charge in [0.25, 0.3) is 0 Å². The maximum atomic E-state index is 12.5. The fraction of sp³-hybridized carbons (Fsp3) is 0.898. The molecule has 0 aliphatic rings. The number of esters is 1. The van der Waals surface area contributed by atoms with Gasteiger partial charge in [-0.2, -0.15) is 0 Å². The lowest BCUT2D eigenvalue weighted by Crippen LogP contribution is -2.45. The van der Waals surface area contributed by atoms with Crippen molar-refractivity contribution in [1.29, 1.82) is 0 Å². The number of ether oxygens (including phenoxy) is 1. The highest BCUT2D eigenvalue weighted by Gasteiger charge is 2.18. The minimum atomic E-state index is -0.866. The molecule has 3 N–H and O–H groups in total. The van der Waals surface area contributed by atoms with Crippen LogP contribution in [0.3, 0.4) is 0 Å². The fourth-order valence-electron chi connectivity index (χ4n) is 8.98. The molecule has 65 heavy (non-hydrogen) atoms. The van der Waals surface area contributed by atoms with Crippen LogP contribution in [0.15, 0.2) is 24.3 Å². The molecule has 0 bridgehead atoms. The second-order valence-corrected chi connectivity index (χ2v) is 20.0. The predicted molar refractivity (Wildman–Crippen MR) is 283 cm³/mol. The molecule has 0 aliphatic carbocycles. The van der Waals surface area contributed by atoms with Crippen LogP contribution in [0.1, 0.15) is 316 Å². The fourth-order valence-corrected chi connectivity index (χ4v) is 8.98. The van der Waals surface area contributed by atoms with Gasteiger partial charge >= 0.3 is 5.97 Å². The number of hydrogen-bond acceptors (Lipinski definition) is 5. The third-order valence-corrected chi connectivity index (χ3v) is 13.5. The lowest BCUT2D eigenvalue weighted by Gasteiger charge is -2.20. The van der Waals surface area contributed by atoms with Crippen molar-refractivity contribution < 1.29 is 24.5 Å². The van der Waals surface area contributed by atoms with Gasteiger partial charge in [-0.3, -0.25) is 9.59 Å². The number of hydrogen-bond donors (Lipinski definition) is 3. The number of aliphatic hydroxyl groups excluding tert-OH is 2. The molecule has 0 aromatic heterocycles. The first-order valence-corrected chi connectivity index (χ1v) is 29.1. The Labute approximate surface area is 405 Å². The van der Waals surface area contributed by atoms with Gasteiger partial charge in [0.2, 0.25) is 5.91 Å². The number of amides is 1. The van der Waals surface area contributed by atoms with Crippen LogP contribution < -0.4 is 5.32 Å². The van der Waals surface area contributed by atoms with Crippen LogP contribution in [0, 0.1) is 0 Å². The summed E-state index contributed by atoms with van der Waals surface area (Å²) in [5, 5.41) is 23.1. The minimum absolute atomic E-state index is 0.0335. The highest BCUT2D eigenvalue weighted by atomic mass is 16.5. The van der Waals surface area contributed by atoms with Crippen LogP contribution in [-0.2, 0) is 14.3 Å². The van der Waals surface area contributed by atoms with Gasteiger partial charge in [-0.1, -0.05) is 269 Å². The monoisotopic (exact) mass is 916 g/mol. The first kappa shape index (κ1) is 63.3. The molecule has 0 spiro atoms. The molecule has 0 saturated heterocycles. The average molecular weight is 917 g/mol. The summed E-state index contributed by atoms with van der Waals surface area (Å²) in [5.74, 6) is -0.134. The number of unbranched alkanes of at least 4 members (excludes halogenated alkanes) is 41. The number of allylic oxidation sites excluding steroid dienone is 3. The van der Waals surface area contributed by atoms with E-state index in [1.807, 2.05) is 6.08 Å². The molecule has 6 heteroatoms. The maximum Gasteiger partial charge on any atom is 0.305 e. The van der Waals surface area contributed by atoms with Gasteiger partial charge in [0.15, 0.2) is 0 Å². The Morgan fingerprint density at radius 3 is 1.09 bits per heavy atom. The van der Waals surface area contributed by atoms with E-state index >= 15 is 0 Å².